The van der Waals surface area contributed by atoms with Crippen LogP contribution in [-0.2, 0) is 5.60 Å². The lowest BCUT2D eigenvalue weighted by atomic mass is 9.91. The van der Waals surface area contributed by atoms with Crippen molar-refractivity contribution >= 4 is 23.2 Å². The molecule has 1 unspecified atom stereocenters. The topological polar surface area (TPSA) is 45.2 Å². The maximum Gasteiger partial charge on any atom is 0.164 e. The Morgan fingerprint density at radius 2 is 1.55 bits per heavy atom. The van der Waals surface area contributed by atoms with E-state index >= 15 is 0 Å². The summed E-state index contributed by atoms with van der Waals surface area (Å²) in [7, 11) is 0. The number of hydrogen-bond acceptors (Lipinski definition) is 2. The maximum atomic E-state index is 11.5. The molecule has 0 radical (unpaired) electrons. The van der Waals surface area contributed by atoms with E-state index in [1.807, 2.05) is 48.5 Å². The van der Waals surface area contributed by atoms with Crippen LogP contribution in [-0.4, -0.2) is 16.7 Å². The molecule has 1 aromatic heterocycles. The molecule has 0 aliphatic heterocycles. The van der Waals surface area contributed by atoms with Crippen molar-refractivity contribution in [1.82, 2.24) is 4.98 Å². The average Bonchev–Trinajstić information content (AvgIpc) is 3.29. The second-order valence-corrected chi connectivity index (χ2v) is 7.59. The van der Waals surface area contributed by atoms with Crippen molar-refractivity contribution in [2.45, 2.75) is 5.60 Å². The summed E-state index contributed by atoms with van der Waals surface area (Å²) < 4.78 is 5.96. The predicted molar refractivity (Wildman–Crippen MR) is 118 cm³/mol. The number of hydrogen-bond donors (Lipinski definition) is 2. The van der Waals surface area contributed by atoms with Crippen LogP contribution in [0.1, 0.15) is 11.3 Å². The van der Waals surface area contributed by atoms with Crippen LogP contribution < -0.4 is 4.74 Å². The molecule has 0 aliphatic carbocycles. The van der Waals surface area contributed by atoms with Gasteiger partial charge in [-0.2, -0.15) is 0 Å². The van der Waals surface area contributed by atoms with Crippen molar-refractivity contribution < 1.29 is 9.84 Å². The van der Waals surface area contributed by atoms with E-state index in [1.54, 1.807) is 30.5 Å². The fraction of sp³-hybridized carbons (Fsp3) is 0.0833. The van der Waals surface area contributed by atoms with Crippen molar-refractivity contribution in [3.63, 3.8) is 0 Å². The average molecular weight is 424 g/mol. The van der Waals surface area contributed by atoms with Gasteiger partial charge in [-0.05, 0) is 47.5 Å². The molecule has 5 heteroatoms. The molecule has 146 valence electrons. The van der Waals surface area contributed by atoms with Gasteiger partial charge in [0.2, 0.25) is 0 Å². The molecule has 2 N–H and O–H groups in total. The molecule has 0 spiro atoms. The summed E-state index contributed by atoms with van der Waals surface area (Å²) in [4.78, 5) is 3.06. The Kier molecular flexibility index (Phi) is 5.63. The quantitative estimate of drug-likeness (QED) is 0.381. The Morgan fingerprint density at radius 3 is 2.21 bits per heavy atom. The number of ether oxygens (including phenoxy) is 1. The van der Waals surface area contributed by atoms with Gasteiger partial charge in [0.1, 0.15) is 12.4 Å². The minimum Gasteiger partial charge on any atom is -0.490 e. The van der Waals surface area contributed by atoms with E-state index in [4.69, 9.17) is 27.9 Å². The van der Waals surface area contributed by atoms with E-state index in [9.17, 15) is 5.11 Å². The van der Waals surface area contributed by atoms with Gasteiger partial charge < -0.3 is 14.8 Å². The second kappa shape index (κ2) is 8.34. The zero-order valence-corrected chi connectivity index (χ0v) is 17.0. The Balaban J connectivity index is 1.59. The van der Waals surface area contributed by atoms with Gasteiger partial charge >= 0.3 is 0 Å². The lowest BCUT2D eigenvalue weighted by Crippen LogP contribution is -2.35. The fourth-order valence-corrected chi connectivity index (χ4v) is 3.84. The second-order valence-electron chi connectivity index (χ2n) is 6.75. The molecule has 4 rings (SSSR count). The summed E-state index contributed by atoms with van der Waals surface area (Å²) in [5.41, 5.74) is 1.88. The SMILES string of the molecule is OC(COc1ccc(-c2ccccc2)cc1)(c1ccc[nH]1)c1ccc(Cl)cc1Cl. The number of benzene rings is 3. The molecule has 0 saturated carbocycles. The van der Waals surface area contributed by atoms with Gasteiger partial charge in [0, 0.05) is 21.8 Å². The Labute approximate surface area is 179 Å². The lowest BCUT2D eigenvalue weighted by molar-refractivity contribution is 0.0244. The van der Waals surface area contributed by atoms with Gasteiger partial charge in [-0.3, -0.25) is 0 Å². The minimum atomic E-state index is -1.46. The smallest absolute Gasteiger partial charge is 0.164 e. The molecule has 0 bridgehead atoms. The third-order valence-electron chi connectivity index (χ3n) is 4.83. The van der Waals surface area contributed by atoms with Crippen LogP contribution >= 0.6 is 23.2 Å². The Hall–Kier alpha value is -2.72. The summed E-state index contributed by atoms with van der Waals surface area (Å²) in [6.07, 6.45) is 1.75. The minimum absolute atomic E-state index is 0.0143. The van der Waals surface area contributed by atoms with Crippen LogP contribution in [0.4, 0.5) is 0 Å². The Morgan fingerprint density at radius 1 is 0.828 bits per heavy atom. The molecule has 1 heterocycles. The van der Waals surface area contributed by atoms with Crippen molar-refractivity contribution in [1.29, 1.82) is 0 Å². The van der Waals surface area contributed by atoms with Crippen LogP contribution in [0.2, 0.25) is 10.0 Å². The summed E-state index contributed by atoms with van der Waals surface area (Å²) in [6, 6.07) is 26.5. The summed E-state index contributed by atoms with van der Waals surface area (Å²) in [5, 5.41) is 12.4. The van der Waals surface area contributed by atoms with E-state index in [0.29, 0.717) is 27.1 Å². The summed E-state index contributed by atoms with van der Waals surface area (Å²) >= 11 is 12.4. The Bertz CT molecular complexity index is 1080. The number of halogens is 2. The first-order valence-electron chi connectivity index (χ1n) is 9.16. The number of rotatable bonds is 6. The van der Waals surface area contributed by atoms with Gasteiger partial charge in [-0.15, -0.1) is 0 Å². The van der Waals surface area contributed by atoms with Gasteiger partial charge in [-0.1, -0.05) is 71.7 Å². The molecule has 3 aromatic carbocycles. The zero-order chi connectivity index (χ0) is 20.3. The number of aromatic nitrogens is 1. The van der Waals surface area contributed by atoms with Gasteiger partial charge in [0.05, 0.1) is 5.69 Å². The van der Waals surface area contributed by atoms with E-state index in [2.05, 4.69) is 17.1 Å². The molecule has 0 amide bonds. The highest BCUT2D eigenvalue weighted by molar-refractivity contribution is 6.35. The van der Waals surface area contributed by atoms with Crippen molar-refractivity contribution in [2.24, 2.45) is 0 Å². The molecule has 0 aliphatic rings. The summed E-state index contributed by atoms with van der Waals surface area (Å²) in [5.74, 6) is 0.653. The van der Waals surface area contributed by atoms with E-state index < -0.39 is 5.60 Å². The van der Waals surface area contributed by atoms with E-state index in [1.165, 1.54) is 0 Å². The molecule has 1 atom stereocenters. The fourth-order valence-electron chi connectivity index (χ4n) is 3.28. The molecule has 0 fully saturated rings. The first-order valence-corrected chi connectivity index (χ1v) is 9.92. The molecular weight excluding hydrogens is 405 g/mol. The third kappa shape index (κ3) is 4.18. The lowest BCUT2D eigenvalue weighted by Gasteiger charge is -2.29. The highest BCUT2D eigenvalue weighted by Gasteiger charge is 2.36. The standard InChI is InChI=1S/C24H19Cl2NO2/c25-19-10-13-21(22(26)15-19)24(28,23-7-4-14-27-23)16-29-20-11-8-18(9-12-20)17-5-2-1-3-6-17/h1-15,27-28H,16H2. The number of aliphatic hydroxyl groups is 1. The van der Waals surface area contributed by atoms with Crippen molar-refractivity contribution in [3.05, 3.63) is 112 Å². The molecule has 29 heavy (non-hydrogen) atoms. The van der Waals surface area contributed by atoms with Crippen molar-refractivity contribution in [3.8, 4) is 16.9 Å². The van der Waals surface area contributed by atoms with Crippen LogP contribution in [0.3, 0.4) is 0 Å². The van der Waals surface area contributed by atoms with Gasteiger partial charge in [0.25, 0.3) is 0 Å². The number of nitrogens with one attached hydrogen (secondary N) is 1. The van der Waals surface area contributed by atoms with E-state index in [-0.39, 0.29) is 6.61 Å². The van der Waals surface area contributed by atoms with Crippen LogP contribution in [0.15, 0.2) is 91.1 Å². The largest absolute Gasteiger partial charge is 0.490 e. The molecule has 3 nitrogen and oxygen atoms in total. The van der Waals surface area contributed by atoms with Crippen molar-refractivity contribution in [2.75, 3.05) is 6.61 Å². The highest BCUT2D eigenvalue weighted by atomic mass is 35.5. The van der Waals surface area contributed by atoms with Gasteiger partial charge in [-0.25, -0.2) is 0 Å². The normalized spacial score (nSPS) is 13.1. The van der Waals surface area contributed by atoms with E-state index in [0.717, 1.165) is 11.1 Å². The number of H-pyrrole nitrogens is 1. The molecular formula is C24H19Cl2NO2. The monoisotopic (exact) mass is 423 g/mol. The number of aromatic amines is 1. The first kappa shape index (κ1) is 19.6. The van der Waals surface area contributed by atoms with Gasteiger partial charge in [0.15, 0.2) is 5.60 Å². The first-order chi connectivity index (χ1) is 14.1. The molecule has 4 aromatic rings. The zero-order valence-electron chi connectivity index (χ0n) is 15.5. The predicted octanol–water partition coefficient (Wildman–Crippen LogP) is 6.30. The maximum absolute atomic E-state index is 11.5. The van der Waals surface area contributed by atoms with Crippen LogP contribution in [0, 0.1) is 0 Å². The van der Waals surface area contributed by atoms with Crippen LogP contribution in [0.25, 0.3) is 11.1 Å². The third-order valence-corrected chi connectivity index (χ3v) is 5.38. The highest BCUT2D eigenvalue weighted by Crippen LogP contribution is 2.36. The molecule has 0 saturated heterocycles. The summed E-state index contributed by atoms with van der Waals surface area (Å²) in [6.45, 7) is -0.0143. The van der Waals surface area contributed by atoms with Crippen LogP contribution in [0.5, 0.6) is 5.75 Å².